The maximum Gasteiger partial charge on any atom is 0.472 e. The van der Waals surface area contributed by atoms with E-state index in [1.807, 2.05) is 0 Å². The van der Waals surface area contributed by atoms with Gasteiger partial charge < -0.3 is 33.8 Å². The molecule has 0 aromatic rings. The Balaban J connectivity index is 5.26. The van der Waals surface area contributed by atoms with Crippen LogP contribution >= 0.6 is 15.6 Å². The van der Waals surface area contributed by atoms with Crippen molar-refractivity contribution in [3.05, 3.63) is 0 Å². The van der Waals surface area contributed by atoms with Crippen molar-refractivity contribution in [2.24, 2.45) is 17.8 Å². The molecule has 3 N–H and O–H groups in total. The Kier molecular flexibility index (Phi) is 67.1. The lowest BCUT2D eigenvalue weighted by Crippen LogP contribution is -2.30. The van der Waals surface area contributed by atoms with Crippen molar-refractivity contribution in [3.63, 3.8) is 0 Å². The second kappa shape index (κ2) is 68.5. The van der Waals surface area contributed by atoms with Crippen LogP contribution in [0.4, 0.5) is 0 Å². The number of aliphatic hydroxyl groups is 1. The van der Waals surface area contributed by atoms with Gasteiger partial charge in [-0.15, -0.1) is 0 Å². The highest BCUT2D eigenvalue weighted by molar-refractivity contribution is 7.47. The minimum atomic E-state index is -4.96. The van der Waals surface area contributed by atoms with Crippen LogP contribution in [-0.4, -0.2) is 96.7 Å². The second-order valence-electron chi connectivity index (χ2n) is 29.5. The van der Waals surface area contributed by atoms with Crippen molar-refractivity contribution in [2.75, 3.05) is 39.6 Å². The molecule has 576 valence electrons. The van der Waals surface area contributed by atoms with Gasteiger partial charge in [0.2, 0.25) is 0 Å². The fourth-order valence-corrected chi connectivity index (χ4v) is 13.5. The van der Waals surface area contributed by atoms with E-state index in [1.54, 1.807) is 0 Å². The summed E-state index contributed by atoms with van der Waals surface area (Å²) in [4.78, 5) is 72.9. The Morgan fingerprint density at radius 1 is 0.278 bits per heavy atom. The van der Waals surface area contributed by atoms with Gasteiger partial charge in [0.05, 0.1) is 26.4 Å². The predicted octanol–water partition coefficient (Wildman–Crippen LogP) is 23.0. The van der Waals surface area contributed by atoms with Crippen LogP contribution in [0.15, 0.2) is 0 Å². The summed E-state index contributed by atoms with van der Waals surface area (Å²) in [6, 6.07) is 0. The molecule has 0 aliphatic heterocycles. The first-order chi connectivity index (χ1) is 46.7. The van der Waals surface area contributed by atoms with Gasteiger partial charge in [-0.05, 0) is 43.4 Å². The number of rotatable bonds is 76. The quantitative estimate of drug-likeness (QED) is 0.0222. The van der Waals surface area contributed by atoms with Crippen LogP contribution < -0.4 is 0 Å². The molecule has 0 saturated carbocycles. The average molecular weight is 1420 g/mol. The molecule has 0 aromatic heterocycles. The van der Waals surface area contributed by atoms with E-state index >= 15 is 0 Å². The summed E-state index contributed by atoms with van der Waals surface area (Å²) in [5, 5.41) is 10.6. The largest absolute Gasteiger partial charge is 0.472 e. The molecule has 0 rings (SSSR count). The van der Waals surface area contributed by atoms with E-state index < -0.39 is 97.5 Å². The summed E-state index contributed by atoms with van der Waals surface area (Å²) in [6.45, 7) is 11.9. The lowest BCUT2D eigenvalue weighted by molar-refractivity contribution is -0.161. The van der Waals surface area contributed by atoms with Crippen LogP contribution in [0, 0.1) is 17.8 Å². The molecule has 2 unspecified atom stereocenters. The molecule has 0 bridgehead atoms. The van der Waals surface area contributed by atoms with E-state index in [0.29, 0.717) is 25.7 Å². The molecule has 0 aliphatic carbocycles. The van der Waals surface area contributed by atoms with Crippen molar-refractivity contribution in [1.29, 1.82) is 0 Å². The topological polar surface area (TPSA) is 237 Å². The smallest absolute Gasteiger partial charge is 0.462 e. The zero-order valence-electron chi connectivity index (χ0n) is 63.5. The Hall–Kier alpha value is -1.94. The molecular weight excluding hydrogens is 1270 g/mol. The van der Waals surface area contributed by atoms with Crippen molar-refractivity contribution < 1.29 is 80.2 Å². The van der Waals surface area contributed by atoms with Gasteiger partial charge in [0.1, 0.15) is 19.3 Å². The van der Waals surface area contributed by atoms with Crippen LogP contribution in [-0.2, 0) is 65.4 Å². The van der Waals surface area contributed by atoms with E-state index in [2.05, 4.69) is 48.5 Å². The molecule has 0 amide bonds. The van der Waals surface area contributed by atoms with E-state index in [9.17, 15) is 43.2 Å². The van der Waals surface area contributed by atoms with Crippen molar-refractivity contribution in [2.45, 2.75) is 420 Å². The molecule has 17 nitrogen and oxygen atoms in total. The minimum Gasteiger partial charge on any atom is -0.462 e. The number of ether oxygens (including phenoxy) is 4. The standard InChI is InChI=1S/C78H152O17P2/c1-8-9-10-11-12-13-14-15-16-19-26-31-40-47-54-61-77(82)95-74(66-89-76(81)60-53-46-39-34-33-37-44-51-58-71(6)7)68-93-97(86,87)91-64-72(79)63-90-96(84,85)92-67-73(65-88-75(80)59-52-45-38-30-25-22-21-24-29-36-43-50-57-70(4)5)94-78(83)62-55-48-41-32-27-20-17-18-23-28-35-42-49-56-69(2)3/h69-74,79H,8-68H2,1-7H3,(H,84,85)(H,86,87)/t72-,73-,74-/m1/s1. The normalized spacial score (nSPS) is 14.0. The van der Waals surface area contributed by atoms with Gasteiger partial charge in [-0.1, -0.05) is 350 Å². The summed E-state index contributed by atoms with van der Waals surface area (Å²) in [5.41, 5.74) is 0. The first-order valence-corrected chi connectivity index (χ1v) is 43.3. The van der Waals surface area contributed by atoms with Gasteiger partial charge in [-0.25, -0.2) is 9.13 Å². The molecule has 0 saturated heterocycles. The van der Waals surface area contributed by atoms with Gasteiger partial charge in [0.15, 0.2) is 12.2 Å². The molecule has 0 fully saturated rings. The van der Waals surface area contributed by atoms with Gasteiger partial charge in [-0.3, -0.25) is 37.3 Å². The monoisotopic (exact) mass is 1420 g/mol. The third-order valence-corrected chi connectivity index (χ3v) is 20.0. The minimum absolute atomic E-state index is 0.107. The van der Waals surface area contributed by atoms with E-state index in [1.165, 1.54) is 212 Å². The number of aliphatic hydroxyl groups excluding tert-OH is 1. The Morgan fingerprint density at radius 3 is 0.701 bits per heavy atom. The number of hydrogen-bond acceptors (Lipinski definition) is 15. The van der Waals surface area contributed by atoms with Crippen molar-refractivity contribution in [3.8, 4) is 0 Å². The lowest BCUT2D eigenvalue weighted by Gasteiger charge is -2.21. The lowest BCUT2D eigenvalue weighted by atomic mass is 10.0. The van der Waals surface area contributed by atoms with E-state index in [4.69, 9.17) is 37.0 Å². The van der Waals surface area contributed by atoms with Gasteiger partial charge in [0.25, 0.3) is 0 Å². The number of hydrogen-bond donors (Lipinski definition) is 3. The van der Waals surface area contributed by atoms with E-state index in [-0.39, 0.29) is 25.7 Å². The molecule has 19 heteroatoms. The molecule has 0 radical (unpaired) electrons. The highest BCUT2D eigenvalue weighted by atomic mass is 31.2. The molecule has 5 atom stereocenters. The summed E-state index contributed by atoms with van der Waals surface area (Å²) in [5.74, 6) is 0.181. The average Bonchev–Trinajstić information content (AvgIpc) is 1.06. The number of esters is 4. The van der Waals surface area contributed by atoms with Crippen molar-refractivity contribution in [1.82, 2.24) is 0 Å². The molecule has 0 aliphatic rings. The summed E-state index contributed by atoms with van der Waals surface area (Å²) in [6.07, 6.45) is 55.4. The number of carbonyl (C=O) groups excluding carboxylic acids is 4. The molecular formula is C78H152O17P2. The third-order valence-electron chi connectivity index (χ3n) is 18.1. The maximum absolute atomic E-state index is 13.1. The molecule has 0 heterocycles. The molecule has 97 heavy (non-hydrogen) atoms. The maximum atomic E-state index is 13.1. The van der Waals surface area contributed by atoms with Crippen LogP contribution in [0.1, 0.15) is 402 Å². The SMILES string of the molecule is CCCCCCCCCCCCCCCCCC(=O)O[C@H](COC(=O)CCCCCCCCCCC(C)C)COP(=O)(O)OC[C@H](O)COP(=O)(O)OC[C@@H](COC(=O)CCCCCCCCCCCCCCC(C)C)OC(=O)CCCCCCCCCCCCCCCC(C)C. The van der Waals surface area contributed by atoms with Gasteiger partial charge >= 0.3 is 39.5 Å². The Morgan fingerprint density at radius 2 is 0.474 bits per heavy atom. The second-order valence-corrected chi connectivity index (χ2v) is 32.4. The van der Waals surface area contributed by atoms with Crippen LogP contribution in [0.2, 0.25) is 0 Å². The van der Waals surface area contributed by atoms with Crippen LogP contribution in [0.25, 0.3) is 0 Å². The zero-order chi connectivity index (χ0) is 71.6. The summed E-state index contributed by atoms with van der Waals surface area (Å²) in [7, 11) is -9.92. The number of carbonyl (C=O) groups is 4. The first-order valence-electron chi connectivity index (χ1n) is 40.3. The Labute approximate surface area is 594 Å². The number of phosphoric acid groups is 2. The highest BCUT2D eigenvalue weighted by Crippen LogP contribution is 2.45. The number of unbranched alkanes of at least 4 members (excludes halogenated alkanes) is 44. The first kappa shape index (κ1) is 95.1. The zero-order valence-corrected chi connectivity index (χ0v) is 65.3. The van der Waals surface area contributed by atoms with E-state index in [0.717, 1.165) is 108 Å². The fourth-order valence-electron chi connectivity index (χ4n) is 12.0. The summed E-state index contributed by atoms with van der Waals surface area (Å²) >= 11 is 0. The predicted molar refractivity (Wildman–Crippen MR) is 395 cm³/mol. The summed E-state index contributed by atoms with van der Waals surface area (Å²) < 4.78 is 68.6. The Bertz CT molecular complexity index is 1890. The van der Waals surface area contributed by atoms with Gasteiger partial charge in [-0.2, -0.15) is 0 Å². The molecule has 0 aromatic carbocycles. The third kappa shape index (κ3) is 72.2. The van der Waals surface area contributed by atoms with Crippen molar-refractivity contribution >= 4 is 39.5 Å². The van der Waals surface area contributed by atoms with Crippen LogP contribution in [0.3, 0.4) is 0 Å². The van der Waals surface area contributed by atoms with Gasteiger partial charge in [0, 0.05) is 25.7 Å². The number of phosphoric ester groups is 2. The fraction of sp³-hybridized carbons (Fsp3) is 0.949. The highest BCUT2D eigenvalue weighted by Gasteiger charge is 2.30. The van der Waals surface area contributed by atoms with Crippen LogP contribution in [0.5, 0.6) is 0 Å². The molecule has 0 spiro atoms.